The largest absolute Gasteiger partial charge is 0.468 e. The number of piperidine rings is 1. The molecule has 2 atom stereocenters. The molecule has 9 heteroatoms. The van der Waals surface area contributed by atoms with Crippen LogP contribution in [0.5, 0.6) is 0 Å². The average molecular weight is 413 g/mol. The molecule has 0 unspecified atom stereocenters. The van der Waals surface area contributed by atoms with Gasteiger partial charge in [-0.25, -0.2) is 17.9 Å². The van der Waals surface area contributed by atoms with E-state index in [1.807, 2.05) is 17.0 Å². The molecule has 0 aliphatic carbocycles. The first kappa shape index (κ1) is 21.1. The summed E-state index contributed by atoms with van der Waals surface area (Å²) < 4.78 is 30.7. The van der Waals surface area contributed by atoms with Gasteiger partial charge in [-0.15, -0.1) is 0 Å². The first-order chi connectivity index (χ1) is 13.4. The minimum absolute atomic E-state index is 0.0524. The molecule has 2 saturated heterocycles. The maximum atomic E-state index is 12.9. The summed E-state index contributed by atoms with van der Waals surface area (Å²) in [6.45, 7) is 3.62. The van der Waals surface area contributed by atoms with Gasteiger partial charge in [0.15, 0.2) is 0 Å². The molecule has 2 amide bonds. The van der Waals surface area contributed by atoms with Crippen molar-refractivity contribution < 1.29 is 17.6 Å². The summed E-state index contributed by atoms with van der Waals surface area (Å²) in [6.07, 6.45) is 8.77. The summed E-state index contributed by atoms with van der Waals surface area (Å²) in [5.41, 5.74) is 0. The summed E-state index contributed by atoms with van der Waals surface area (Å²) in [5.74, 6) is 0.884. The molecule has 0 bridgehead atoms. The van der Waals surface area contributed by atoms with E-state index in [0.717, 1.165) is 44.4 Å². The number of hydrogen-bond donors (Lipinski definition) is 2. The van der Waals surface area contributed by atoms with Crippen LogP contribution < -0.4 is 10.0 Å². The molecule has 0 aromatic carbocycles. The van der Waals surface area contributed by atoms with Crippen LogP contribution in [0.4, 0.5) is 4.79 Å². The Morgan fingerprint density at radius 1 is 1.25 bits per heavy atom. The zero-order valence-corrected chi connectivity index (χ0v) is 17.4. The van der Waals surface area contributed by atoms with E-state index in [1.54, 1.807) is 6.26 Å². The van der Waals surface area contributed by atoms with Crippen LogP contribution in [-0.4, -0.2) is 69.3 Å². The molecule has 0 radical (unpaired) electrons. The highest BCUT2D eigenvalue weighted by Crippen LogP contribution is 2.25. The molecule has 2 aliphatic rings. The predicted octanol–water partition coefficient (Wildman–Crippen LogP) is 1.92. The van der Waals surface area contributed by atoms with Gasteiger partial charge < -0.3 is 14.6 Å². The van der Waals surface area contributed by atoms with Gasteiger partial charge in [-0.05, 0) is 63.7 Å². The summed E-state index contributed by atoms with van der Waals surface area (Å²) in [4.78, 5) is 17.1. The third-order valence-corrected chi connectivity index (χ3v) is 6.36. The van der Waals surface area contributed by atoms with Crippen molar-refractivity contribution in [3.8, 4) is 0 Å². The molecule has 1 aromatic heterocycles. The van der Waals surface area contributed by atoms with Gasteiger partial charge in [-0.2, -0.15) is 0 Å². The van der Waals surface area contributed by atoms with E-state index in [0.29, 0.717) is 26.1 Å². The van der Waals surface area contributed by atoms with Crippen LogP contribution in [0.25, 0.3) is 0 Å². The highest BCUT2D eigenvalue weighted by molar-refractivity contribution is 7.88. The van der Waals surface area contributed by atoms with Gasteiger partial charge in [0, 0.05) is 25.7 Å². The second kappa shape index (κ2) is 9.76. The van der Waals surface area contributed by atoms with Crippen molar-refractivity contribution in [2.24, 2.45) is 0 Å². The van der Waals surface area contributed by atoms with Crippen molar-refractivity contribution >= 4 is 16.1 Å². The average Bonchev–Trinajstić information content (AvgIpc) is 3.35. The second-order valence-electron chi connectivity index (χ2n) is 7.76. The highest BCUT2D eigenvalue weighted by Gasteiger charge is 2.29. The lowest BCUT2D eigenvalue weighted by atomic mass is 10.00. The lowest BCUT2D eigenvalue weighted by Gasteiger charge is -2.36. The molecule has 0 spiro atoms. The number of nitrogens with one attached hydrogen (secondary N) is 2. The third kappa shape index (κ3) is 5.96. The number of hydrogen-bond acceptors (Lipinski definition) is 5. The van der Waals surface area contributed by atoms with Crippen molar-refractivity contribution in [2.75, 3.05) is 39.0 Å². The van der Waals surface area contributed by atoms with Crippen LogP contribution in [0.1, 0.15) is 50.3 Å². The molecule has 28 heavy (non-hydrogen) atoms. The molecule has 3 heterocycles. The second-order valence-corrected chi connectivity index (χ2v) is 9.59. The Morgan fingerprint density at radius 3 is 2.68 bits per heavy atom. The summed E-state index contributed by atoms with van der Waals surface area (Å²) >= 11 is 0. The molecule has 2 fully saturated rings. The number of likely N-dealkylation sites (tertiary alicyclic amines) is 2. The monoisotopic (exact) mass is 412 g/mol. The first-order valence-electron chi connectivity index (χ1n) is 10.2. The van der Waals surface area contributed by atoms with E-state index < -0.39 is 10.0 Å². The van der Waals surface area contributed by atoms with Gasteiger partial charge in [0.25, 0.3) is 0 Å². The molecule has 158 valence electrons. The molecule has 3 rings (SSSR count). The number of furan rings is 1. The first-order valence-corrected chi connectivity index (χ1v) is 12.1. The van der Waals surface area contributed by atoms with Crippen molar-refractivity contribution in [1.29, 1.82) is 0 Å². The SMILES string of the molecule is CS(=O)(=O)NCC[C@H]1CCCCN1C(=O)NC[C@@H](c1ccco1)N1CCCC1. The van der Waals surface area contributed by atoms with Crippen molar-refractivity contribution in [3.05, 3.63) is 24.2 Å². The minimum Gasteiger partial charge on any atom is -0.468 e. The van der Waals surface area contributed by atoms with Crippen LogP contribution >= 0.6 is 0 Å². The number of urea groups is 1. The zero-order valence-electron chi connectivity index (χ0n) is 16.6. The normalized spacial score (nSPS) is 22.3. The van der Waals surface area contributed by atoms with Crippen LogP contribution in [0.3, 0.4) is 0 Å². The molecule has 8 nitrogen and oxygen atoms in total. The smallest absolute Gasteiger partial charge is 0.317 e. The van der Waals surface area contributed by atoms with Crippen LogP contribution in [0.2, 0.25) is 0 Å². The zero-order chi connectivity index (χ0) is 20.0. The molecule has 1 aromatic rings. The summed E-state index contributed by atoms with van der Waals surface area (Å²) in [5, 5.41) is 3.10. The molecular formula is C19H32N4O4S. The van der Waals surface area contributed by atoms with Crippen molar-refractivity contribution in [2.45, 2.75) is 50.6 Å². The number of rotatable bonds is 8. The Morgan fingerprint density at radius 2 is 2.00 bits per heavy atom. The quantitative estimate of drug-likeness (QED) is 0.680. The number of carbonyl (C=O) groups is 1. The molecule has 2 N–H and O–H groups in total. The fourth-order valence-corrected chi connectivity index (χ4v) is 4.70. The van der Waals surface area contributed by atoms with Crippen LogP contribution in [0.15, 0.2) is 22.8 Å². The minimum atomic E-state index is -3.20. The van der Waals surface area contributed by atoms with Gasteiger partial charge in [-0.3, -0.25) is 4.90 Å². The van der Waals surface area contributed by atoms with E-state index in [9.17, 15) is 13.2 Å². The Balaban J connectivity index is 1.56. The lowest BCUT2D eigenvalue weighted by Crippen LogP contribution is -2.51. The van der Waals surface area contributed by atoms with Crippen LogP contribution in [0, 0.1) is 0 Å². The van der Waals surface area contributed by atoms with Gasteiger partial charge >= 0.3 is 6.03 Å². The van der Waals surface area contributed by atoms with Crippen LogP contribution in [-0.2, 0) is 10.0 Å². The van der Waals surface area contributed by atoms with E-state index in [1.165, 1.54) is 12.8 Å². The Labute approximate surface area is 167 Å². The van der Waals surface area contributed by atoms with Crippen molar-refractivity contribution in [1.82, 2.24) is 19.8 Å². The van der Waals surface area contributed by atoms with E-state index in [2.05, 4.69) is 14.9 Å². The highest BCUT2D eigenvalue weighted by atomic mass is 32.2. The maximum Gasteiger partial charge on any atom is 0.317 e. The van der Waals surface area contributed by atoms with Gasteiger partial charge in [0.1, 0.15) is 5.76 Å². The van der Waals surface area contributed by atoms with Gasteiger partial charge in [-0.1, -0.05) is 0 Å². The Hall–Kier alpha value is -1.58. The standard InChI is InChI=1S/C19H32N4O4S/c1-28(25,26)21-10-9-16-7-2-3-13-23(16)19(24)20-15-17(18-8-6-14-27-18)22-11-4-5-12-22/h6,8,14,16-17,21H,2-5,7,9-13,15H2,1H3,(H,20,24)/t16-,17+/m1/s1. The van der Waals surface area contributed by atoms with E-state index >= 15 is 0 Å². The molecule has 0 saturated carbocycles. The van der Waals surface area contributed by atoms with E-state index in [4.69, 9.17) is 4.42 Å². The Kier molecular flexibility index (Phi) is 7.36. The Bertz CT molecular complexity index is 716. The number of carbonyl (C=O) groups excluding carboxylic acids is 1. The number of nitrogens with zero attached hydrogens (tertiary/aromatic N) is 2. The van der Waals surface area contributed by atoms with Crippen molar-refractivity contribution in [3.63, 3.8) is 0 Å². The molecular weight excluding hydrogens is 380 g/mol. The number of amides is 2. The fourth-order valence-electron chi connectivity index (χ4n) is 4.21. The van der Waals surface area contributed by atoms with E-state index in [-0.39, 0.29) is 18.1 Å². The lowest BCUT2D eigenvalue weighted by molar-refractivity contribution is 0.141. The van der Waals surface area contributed by atoms with Gasteiger partial charge in [0.05, 0.1) is 18.6 Å². The third-order valence-electron chi connectivity index (χ3n) is 5.63. The molecule has 2 aliphatic heterocycles. The van der Waals surface area contributed by atoms with Gasteiger partial charge in [0.2, 0.25) is 10.0 Å². The number of sulfonamides is 1. The topological polar surface area (TPSA) is 94.9 Å². The maximum absolute atomic E-state index is 12.9. The predicted molar refractivity (Wildman–Crippen MR) is 107 cm³/mol. The summed E-state index contributed by atoms with van der Waals surface area (Å²) in [6, 6.07) is 3.90. The summed E-state index contributed by atoms with van der Waals surface area (Å²) in [7, 11) is -3.20. The fraction of sp³-hybridized carbons (Fsp3) is 0.737.